The van der Waals surface area contributed by atoms with Crippen LogP contribution >= 0.6 is 0 Å². The number of hydrogen-bond acceptors (Lipinski definition) is 4. The number of carboxylic acids is 1. The van der Waals surface area contributed by atoms with Crippen molar-refractivity contribution in [3.05, 3.63) is 59.2 Å². The average molecular weight is 384 g/mol. The van der Waals surface area contributed by atoms with Crippen LogP contribution < -0.4 is 15.4 Å². The molecule has 7 heteroatoms. The first-order valence-corrected chi connectivity index (χ1v) is 9.06. The van der Waals surface area contributed by atoms with E-state index in [0.29, 0.717) is 42.1 Å². The van der Waals surface area contributed by atoms with Crippen molar-refractivity contribution in [3.8, 4) is 5.75 Å². The summed E-state index contributed by atoms with van der Waals surface area (Å²) >= 11 is 0. The average Bonchev–Trinajstić information content (AvgIpc) is 2.65. The molecule has 0 aromatic heterocycles. The fourth-order valence-corrected chi connectivity index (χ4v) is 2.69. The molecule has 0 saturated carbocycles. The highest BCUT2D eigenvalue weighted by atomic mass is 16.5. The van der Waals surface area contributed by atoms with E-state index < -0.39 is 5.97 Å². The molecule has 2 aromatic carbocycles. The SMILES string of the molecule is CCOc1ccccc1C(=O)NCCCC(=O)Nc1ccc(C(=O)O)c(C)c1. The number of rotatable bonds is 9. The molecule has 2 rings (SSSR count). The first kappa shape index (κ1) is 21.0. The third kappa shape index (κ3) is 5.84. The highest BCUT2D eigenvalue weighted by Gasteiger charge is 2.12. The number of para-hydroxylation sites is 1. The van der Waals surface area contributed by atoms with E-state index in [0.717, 1.165) is 0 Å². The number of aryl methyl sites for hydroxylation is 1. The van der Waals surface area contributed by atoms with E-state index in [1.807, 2.05) is 6.92 Å². The third-order valence-corrected chi connectivity index (χ3v) is 4.04. The van der Waals surface area contributed by atoms with Crippen molar-refractivity contribution in [2.24, 2.45) is 0 Å². The lowest BCUT2D eigenvalue weighted by atomic mass is 10.1. The molecule has 0 spiro atoms. The third-order valence-electron chi connectivity index (χ3n) is 4.04. The van der Waals surface area contributed by atoms with Gasteiger partial charge in [-0.1, -0.05) is 12.1 Å². The van der Waals surface area contributed by atoms with Gasteiger partial charge in [-0.3, -0.25) is 9.59 Å². The largest absolute Gasteiger partial charge is 0.493 e. The van der Waals surface area contributed by atoms with Crippen molar-refractivity contribution < 1.29 is 24.2 Å². The van der Waals surface area contributed by atoms with Gasteiger partial charge in [-0.2, -0.15) is 0 Å². The number of benzene rings is 2. The van der Waals surface area contributed by atoms with Gasteiger partial charge in [-0.05, 0) is 56.2 Å². The fourth-order valence-electron chi connectivity index (χ4n) is 2.69. The van der Waals surface area contributed by atoms with Crippen LogP contribution in [0.3, 0.4) is 0 Å². The van der Waals surface area contributed by atoms with Gasteiger partial charge in [0.2, 0.25) is 5.91 Å². The quantitative estimate of drug-likeness (QED) is 0.576. The van der Waals surface area contributed by atoms with Crippen molar-refractivity contribution in [3.63, 3.8) is 0 Å². The zero-order chi connectivity index (χ0) is 20.5. The van der Waals surface area contributed by atoms with Crippen molar-refractivity contribution in [1.29, 1.82) is 0 Å². The molecule has 0 heterocycles. The predicted molar refractivity (Wildman–Crippen MR) is 106 cm³/mol. The van der Waals surface area contributed by atoms with Gasteiger partial charge in [-0.15, -0.1) is 0 Å². The standard InChI is InChI=1S/C21H24N2O5/c1-3-28-18-8-5-4-7-17(18)20(25)22-12-6-9-19(24)23-15-10-11-16(21(26)27)14(2)13-15/h4-5,7-8,10-11,13H,3,6,9,12H2,1-2H3,(H,22,25)(H,23,24)(H,26,27). The maximum atomic E-state index is 12.3. The van der Waals surface area contributed by atoms with Crippen LogP contribution in [0.5, 0.6) is 5.75 Å². The van der Waals surface area contributed by atoms with Crippen LogP contribution in [0.2, 0.25) is 0 Å². The van der Waals surface area contributed by atoms with Gasteiger partial charge < -0.3 is 20.5 Å². The van der Waals surface area contributed by atoms with E-state index in [1.165, 1.54) is 6.07 Å². The predicted octanol–water partition coefficient (Wildman–Crippen LogP) is 3.24. The van der Waals surface area contributed by atoms with E-state index in [2.05, 4.69) is 10.6 Å². The van der Waals surface area contributed by atoms with Crippen LogP contribution in [-0.2, 0) is 4.79 Å². The molecule has 2 amide bonds. The minimum atomic E-state index is -1.00. The first-order chi connectivity index (χ1) is 13.4. The van der Waals surface area contributed by atoms with Crippen LogP contribution in [-0.4, -0.2) is 36.0 Å². The summed E-state index contributed by atoms with van der Waals surface area (Å²) in [7, 11) is 0. The Balaban J connectivity index is 1.79. The van der Waals surface area contributed by atoms with Gasteiger partial charge in [0, 0.05) is 18.7 Å². The minimum Gasteiger partial charge on any atom is -0.493 e. The van der Waals surface area contributed by atoms with E-state index in [-0.39, 0.29) is 23.8 Å². The molecule has 0 atom stereocenters. The number of amides is 2. The normalized spacial score (nSPS) is 10.2. The lowest BCUT2D eigenvalue weighted by Crippen LogP contribution is -2.26. The van der Waals surface area contributed by atoms with Crippen LogP contribution in [0.25, 0.3) is 0 Å². The van der Waals surface area contributed by atoms with E-state index in [9.17, 15) is 14.4 Å². The maximum Gasteiger partial charge on any atom is 0.335 e. The molecule has 0 fully saturated rings. The summed E-state index contributed by atoms with van der Waals surface area (Å²) in [6, 6.07) is 11.6. The molecule has 148 valence electrons. The highest BCUT2D eigenvalue weighted by molar-refractivity contribution is 5.97. The second-order valence-corrected chi connectivity index (χ2v) is 6.17. The Labute approximate surface area is 163 Å². The van der Waals surface area contributed by atoms with Gasteiger partial charge in [0.15, 0.2) is 0 Å². The monoisotopic (exact) mass is 384 g/mol. The molecule has 0 aliphatic carbocycles. The topological polar surface area (TPSA) is 105 Å². The van der Waals surface area contributed by atoms with Gasteiger partial charge >= 0.3 is 5.97 Å². The number of nitrogens with one attached hydrogen (secondary N) is 2. The van der Waals surface area contributed by atoms with Crippen LogP contribution in [0, 0.1) is 6.92 Å². The molecular weight excluding hydrogens is 360 g/mol. The van der Waals surface area contributed by atoms with Gasteiger partial charge in [-0.25, -0.2) is 4.79 Å². The zero-order valence-corrected chi connectivity index (χ0v) is 16.0. The first-order valence-electron chi connectivity index (χ1n) is 9.06. The molecule has 0 aliphatic rings. The molecule has 0 unspecified atom stereocenters. The van der Waals surface area contributed by atoms with E-state index >= 15 is 0 Å². The zero-order valence-electron chi connectivity index (χ0n) is 16.0. The van der Waals surface area contributed by atoms with Gasteiger partial charge in [0.25, 0.3) is 5.91 Å². The second-order valence-electron chi connectivity index (χ2n) is 6.17. The maximum absolute atomic E-state index is 12.3. The molecule has 3 N–H and O–H groups in total. The van der Waals surface area contributed by atoms with Crippen LogP contribution in [0.15, 0.2) is 42.5 Å². The van der Waals surface area contributed by atoms with Crippen LogP contribution in [0.4, 0.5) is 5.69 Å². The molecule has 0 radical (unpaired) electrons. The summed E-state index contributed by atoms with van der Waals surface area (Å²) in [5, 5.41) is 14.5. The number of anilines is 1. The fraction of sp³-hybridized carbons (Fsp3) is 0.286. The summed E-state index contributed by atoms with van der Waals surface area (Å²) < 4.78 is 5.44. The number of carboxylic acid groups (broad SMARTS) is 1. The molecular formula is C21H24N2O5. The molecule has 7 nitrogen and oxygen atoms in total. The summed E-state index contributed by atoms with van der Waals surface area (Å²) in [6.45, 7) is 4.35. The Bertz CT molecular complexity index is 864. The Morgan fingerprint density at radius 1 is 1.07 bits per heavy atom. The highest BCUT2D eigenvalue weighted by Crippen LogP contribution is 2.18. The number of ether oxygens (including phenoxy) is 1. The molecule has 28 heavy (non-hydrogen) atoms. The number of carbonyl (C=O) groups excluding carboxylic acids is 2. The summed E-state index contributed by atoms with van der Waals surface area (Å²) in [4.78, 5) is 35.3. The van der Waals surface area contributed by atoms with Crippen molar-refractivity contribution in [2.75, 3.05) is 18.5 Å². The minimum absolute atomic E-state index is 0.202. The number of hydrogen-bond donors (Lipinski definition) is 3. The Morgan fingerprint density at radius 3 is 2.50 bits per heavy atom. The lowest BCUT2D eigenvalue weighted by Gasteiger charge is -2.11. The molecule has 2 aromatic rings. The summed E-state index contributed by atoms with van der Waals surface area (Å²) in [5.74, 6) is -0.923. The lowest BCUT2D eigenvalue weighted by molar-refractivity contribution is -0.116. The second kappa shape index (κ2) is 10.1. The van der Waals surface area contributed by atoms with Gasteiger partial charge in [0.05, 0.1) is 17.7 Å². The van der Waals surface area contributed by atoms with Crippen molar-refractivity contribution in [1.82, 2.24) is 5.32 Å². The van der Waals surface area contributed by atoms with Crippen molar-refractivity contribution in [2.45, 2.75) is 26.7 Å². The molecule has 0 saturated heterocycles. The van der Waals surface area contributed by atoms with E-state index in [4.69, 9.17) is 9.84 Å². The number of aromatic carboxylic acids is 1. The summed E-state index contributed by atoms with van der Waals surface area (Å²) in [5.41, 5.74) is 1.78. The Morgan fingerprint density at radius 2 is 1.82 bits per heavy atom. The van der Waals surface area contributed by atoms with Crippen LogP contribution in [0.1, 0.15) is 46.0 Å². The Kier molecular flexibility index (Phi) is 7.56. The Hall–Kier alpha value is -3.35. The number of carbonyl (C=O) groups is 3. The van der Waals surface area contributed by atoms with Gasteiger partial charge in [0.1, 0.15) is 5.75 Å². The van der Waals surface area contributed by atoms with E-state index in [1.54, 1.807) is 43.3 Å². The summed E-state index contributed by atoms with van der Waals surface area (Å²) in [6.07, 6.45) is 0.702. The molecule has 0 bridgehead atoms. The van der Waals surface area contributed by atoms with Crippen molar-refractivity contribution >= 4 is 23.5 Å². The molecule has 0 aliphatic heterocycles. The smallest absolute Gasteiger partial charge is 0.335 e.